The third-order valence-electron chi connectivity index (χ3n) is 6.63. The van der Waals surface area contributed by atoms with Gasteiger partial charge in [-0.25, -0.2) is 0 Å². The van der Waals surface area contributed by atoms with E-state index in [1.807, 2.05) is 26.0 Å². The molecule has 0 radical (unpaired) electrons. The summed E-state index contributed by atoms with van der Waals surface area (Å²) in [5, 5.41) is 0. The molecule has 1 aromatic carbocycles. The number of likely N-dealkylation sites (N-methyl/N-ethyl adjacent to an activating group) is 1. The van der Waals surface area contributed by atoms with E-state index in [0.29, 0.717) is 30.8 Å². The predicted octanol–water partition coefficient (Wildman–Crippen LogP) is 3.97. The van der Waals surface area contributed by atoms with Crippen molar-refractivity contribution in [2.75, 3.05) is 26.2 Å². The highest BCUT2D eigenvalue weighted by molar-refractivity contribution is 5.81. The SMILES string of the molecule is CCN(CC)C(=O)COc1ccc(CC2CCN(C3CCCCC3)C2=O)c(C)c1. The monoisotopic (exact) mass is 400 g/mol. The molecule has 160 valence electrons. The molecule has 29 heavy (non-hydrogen) atoms. The van der Waals surface area contributed by atoms with Crippen LogP contribution < -0.4 is 4.74 Å². The van der Waals surface area contributed by atoms with Crippen LogP contribution in [0.4, 0.5) is 0 Å². The summed E-state index contributed by atoms with van der Waals surface area (Å²) >= 11 is 0. The molecule has 5 nitrogen and oxygen atoms in total. The van der Waals surface area contributed by atoms with Crippen LogP contribution in [0.2, 0.25) is 0 Å². The van der Waals surface area contributed by atoms with E-state index in [0.717, 1.165) is 24.9 Å². The molecule has 1 aliphatic carbocycles. The third-order valence-corrected chi connectivity index (χ3v) is 6.63. The first-order valence-corrected chi connectivity index (χ1v) is 11.3. The van der Waals surface area contributed by atoms with E-state index in [9.17, 15) is 9.59 Å². The second-order valence-electron chi connectivity index (χ2n) is 8.46. The lowest BCUT2D eigenvalue weighted by molar-refractivity contribution is -0.134. The third kappa shape index (κ3) is 5.31. The number of hydrogen-bond acceptors (Lipinski definition) is 3. The fraction of sp³-hybridized carbons (Fsp3) is 0.667. The summed E-state index contributed by atoms with van der Waals surface area (Å²) in [5.41, 5.74) is 2.33. The van der Waals surface area contributed by atoms with Crippen molar-refractivity contribution in [3.63, 3.8) is 0 Å². The first-order chi connectivity index (χ1) is 14.0. The quantitative estimate of drug-likeness (QED) is 0.663. The lowest BCUT2D eigenvalue weighted by Crippen LogP contribution is -2.39. The van der Waals surface area contributed by atoms with Gasteiger partial charge in [0.1, 0.15) is 5.75 Å². The topological polar surface area (TPSA) is 49.9 Å². The molecule has 1 aromatic rings. The minimum atomic E-state index is 0.0103. The Bertz CT molecular complexity index is 708. The summed E-state index contributed by atoms with van der Waals surface area (Å²) < 4.78 is 5.71. The van der Waals surface area contributed by atoms with Gasteiger partial charge in [-0.15, -0.1) is 0 Å². The molecule has 1 heterocycles. The van der Waals surface area contributed by atoms with Gasteiger partial charge < -0.3 is 14.5 Å². The van der Waals surface area contributed by atoms with Crippen LogP contribution in [0, 0.1) is 12.8 Å². The van der Waals surface area contributed by atoms with Gasteiger partial charge in [0, 0.05) is 31.6 Å². The molecule has 1 aliphatic heterocycles. The molecule has 0 bridgehead atoms. The largest absolute Gasteiger partial charge is 0.484 e. The molecular weight excluding hydrogens is 364 g/mol. The highest BCUT2D eigenvalue weighted by atomic mass is 16.5. The molecule has 5 heteroatoms. The van der Waals surface area contributed by atoms with E-state index in [4.69, 9.17) is 4.74 Å². The Kier molecular flexibility index (Phi) is 7.57. The molecule has 3 rings (SSSR count). The molecule has 2 aliphatic rings. The maximum atomic E-state index is 12.9. The number of aryl methyl sites for hydroxylation is 1. The van der Waals surface area contributed by atoms with Crippen molar-refractivity contribution >= 4 is 11.8 Å². The van der Waals surface area contributed by atoms with E-state index >= 15 is 0 Å². The van der Waals surface area contributed by atoms with Gasteiger partial charge in [-0.1, -0.05) is 25.3 Å². The number of amides is 2. The van der Waals surface area contributed by atoms with Crippen molar-refractivity contribution < 1.29 is 14.3 Å². The van der Waals surface area contributed by atoms with Gasteiger partial charge >= 0.3 is 0 Å². The summed E-state index contributed by atoms with van der Waals surface area (Å²) in [6, 6.07) is 6.45. The molecule has 2 fully saturated rings. The number of carbonyl (C=O) groups is 2. The molecule has 0 aromatic heterocycles. The zero-order valence-electron chi connectivity index (χ0n) is 18.3. The average Bonchev–Trinajstić information content (AvgIpc) is 3.10. The number of ether oxygens (including phenoxy) is 1. The van der Waals surface area contributed by atoms with Crippen LogP contribution in [0.3, 0.4) is 0 Å². The normalized spacial score (nSPS) is 20.2. The predicted molar refractivity (Wildman–Crippen MR) is 115 cm³/mol. The maximum Gasteiger partial charge on any atom is 0.260 e. The van der Waals surface area contributed by atoms with Crippen LogP contribution in [-0.2, 0) is 16.0 Å². The van der Waals surface area contributed by atoms with Crippen molar-refractivity contribution in [1.29, 1.82) is 0 Å². The van der Waals surface area contributed by atoms with E-state index < -0.39 is 0 Å². The summed E-state index contributed by atoms with van der Waals surface area (Å²) in [5.74, 6) is 1.18. The zero-order chi connectivity index (χ0) is 20.8. The van der Waals surface area contributed by atoms with Crippen LogP contribution in [-0.4, -0.2) is 53.9 Å². The van der Waals surface area contributed by atoms with Crippen LogP contribution in [0.5, 0.6) is 5.75 Å². The lowest BCUT2D eigenvalue weighted by Gasteiger charge is -2.31. The fourth-order valence-corrected chi connectivity index (χ4v) is 4.77. The van der Waals surface area contributed by atoms with Crippen molar-refractivity contribution in [3.8, 4) is 5.75 Å². The minimum absolute atomic E-state index is 0.0103. The van der Waals surface area contributed by atoms with Crippen LogP contribution >= 0.6 is 0 Å². The molecule has 1 unspecified atom stereocenters. The van der Waals surface area contributed by atoms with Gasteiger partial charge in [0.2, 0.25) is 5.91 Å². The number of rotatable bonds is 8. The summed E-state index contributed by atoms with van der Waals surface area (Å²) in [4.78, 5) is 29.0. The Morgan fingerprint density at radius 3 is 2.52 bits per heavy atom. The van der Waals surface area contributed by atoms with E-state index in [2.05, 4.69) is 17.9 Å². The first kappa shape index (κ1) is 21.7. The summed E-state index contributed by atoms with van der Waals surface area (Å²) in [6.45, 7) is 8.39. The van der Waals surface area contributed by atoms with Gasteiger partial charge in [0.05, 0.1) is 0 Å². The molecule has 1 saturated carbocycles. The standard InChI is InChI=1S/C24H36N2O3/c1-4-25(5-2)23(27)17-29-22-12-11-19(18(3)15-22)16-20-13-14-26(24(20)28)21-9-7-6-8-10-21/h11-12,15,20-21H,4-10,13-14,16-17H2,1-3H3. The number of benzene rings is 1. The first-order valence-electron chi connectivity index (χ1n) is 11.3. The molecule has 1 saturated heterocycles. The second-order valence-corrected chi connectivity index (χ2v) is 8.46. The Morgan fingerprint density at radius 2 is 1.86 bits per heavy atom. The molecular formula is C24H36N2O3. The van der Waals surface area contributed by atoms with E-state index in [1.54, 1.807) is 4.90 Å². The molecule has 0 N–H and O–H groups in total. The highest BCUT2D eigenvalue weighted by Gasteiger charge is 2.36. The maximum absolute atomic E-state index is 12.9. The zero-order valence-corrected chi connectivity index (χ0v) is 18.3. The van der Waals surface area contributed by atoms with Crippen LogP contribution in [0.15, 0.2) is 18.2 Å². The van der Waals surface area contributed by atoms with Gasteiger partial charge in [0.25, 0.3) is 5.91 Å². The molecule has 2 amide bonds. The van der Waals surface area contributed by atoms with Gasteiger partial charge in [-0.2, -0.15) is 0 Å². The number of hydrogen-bond donors (Lipinski definition) is 0. The highest BCUT2D eigenvalue weighted by Crippen LogP contribution is 2.31. The Balaban J connectivity index is 1.55. The van der Waals surface area contributed by atoms with Crippen molar-refractivity contribution in [2.45, 2.75) is 71.8 Å². The molecule has 1 atom stereocenters. The van der Waals surface area contributed by atoms with Crippen LogP contribution in [0.25, 0.3) is 0 Å². The van der Waals surface area contributed by atoms with E-state index in [-0.39, 0.29) is 18.4 Å². The van der Waals surface area contributed by atoms with Crippen molar-refractivity contribution in [2.24, 2.45) is 5.92 Å². The smallest absolute Gasteiger partial charge is 0.260 e. The van der Waals surface area contributed by atoms with Gasteiger partial charge in [-0.3, -0.25) is 9.59 Å². The number of likely N-dealkylation sites (tertiary alicyclic amines) is 1. The van der Waals surface area contributed by atoms with Gasteiger partial charge in [0.15, 0.2) is 6.61 Å². The number of nitrogens with zero attached hydrogens (tertiary/aromatic N) is 2. The van der Waals surface area contributed by atoms with Crippen molar-refractivity contribution in [3.05, 3.63) is 29.3 Å². The van der Waals surface area contributed by atoms with Gasteiger partial charge in [-0.05, 0) is 69.7 Å². The van der Waals surface area contributed by atoms with Crippen LogP contribution in [0.1, 0.15) is 63.5 Å². The Labute approximate surface area is 175 Å². The summed E-state index contributed by atoms with van der Waals surface area (Å²) in [6.07, 6.45) is 7.95. The van der Waals surface area contributed by atoms with Crippen molar-refractivity contribution in [1.82, 2.24) is 9.80 Å². The second kappa shape index (κ2) is 10.1. The summed E-state index contributed by atoms with van der Waals surface area (Å²) in [7, 11) is 0. The number of carbonyl (C=O) groups excluding carboxylic acids is 2. The average molecular weight is 401 g/mol. The molecule has 0 spiro atoms. The Hall–Kier alpha value is -2.04. The lowest BCUT2D eigenvalue weighted by atomic mass is 9.93. The van der Waals surface area contributed by atoms with E-state index in [1.165, 1.54) is 37.7 Å². The fourth-order valence-electron chi connectivity index (χ4n) is 4.77. The minimum Gasteiger partial charge on any atom is -0.484 e. The Morgan fingerprint density at radius 1 is 1.14 bits per heavy atom.